The first-order valence-electron chi connectivity index (χ1n) is 10.2. The van der Waals surface area contributed by atoms with Crippen molar-refractivity contribution in [1.82, 2.24) is 9.88 Å². The summed E-state index contributed by atoms with van der Waals surface area (Å²) in [4.78, 5) is 7.18. The molecule has 4 rings (SSSR count). The highest BCUT2D eigenvalue weighted by atomic mass is 16.5. The quantitative estimate of drug-likeness (QED) is 0.576. The van der Waals surface area contributed by atoms with E-state index < -0.39 is 0 Å². The van der Waals surface area contributed by atoms with Crippen molar-refractivity contribution >= 4 is 0 Å². The molecule has 29 heavy (non-hydrogen) atoms. The summed E-state index contributed by atoms with van der Waals surface area (Å²) in [5.41, 5.74) is 3.18. The maximum Gasteiger partial charge on any atom is 0.226 e. The summed E-state index contributed by atoms with van der Waals surface area (Å²) in [6.45, 7) is 5.44. The highest BCUT2D eigenvalue weighted by Gasteiger charge is 2.23. The lowest BCUT2D eigenvalue weighted by atomic mass is 10.1. The maximum absolute atomic E-state index is 6.17. The van der Waals surface area contributed by atoms with E-state index in [1.165, 1.54) is 5.56 Å². The van der Waals surface area contributed by atoms with Gasteiger partial charge in [0.25, 0.3) is 0 Å². The Kier molecular flexibility index (Phi) is 6.27. The molecule has 0 amide bonds. The predicted molar refractivity (Wildman–Crippen MR) is 113 cm³/mol. The summed E-state index contributed by atoms with van der Waals surface area (Å²) in [6, 6.07) is 18.2. The summed E-state index contributed by atoms with van der Waals surface area (Å²) >= 11 is 0. The fraction of sp³-hybridized carbons (Fsp3) is 0.375. The number of nitrogens with zero attached hydrogens (tertiary/aromatic N) is 2. The normalized spacial score (nSPS) is 17.4. The molecule has 1 unspecified atom stereocenters. The Morgan fingerprint density at radius 1 is 1.10 bits per heavy atom. The molecule has 2 aromatic carbocycles. The number of aryl methyl sites for hydroxylation is 1. The second-order valence-corrected chi connectivity index (χ2v) is 7.55. The number of methoxy groups -OCH3 is 1. The van der Waals surface area contributed by atoms with Gasteiger partial charge in [-0.05, 0) is 56.1 Å². The number of aromatic nitrogens is 1. The Balaban J connectivity index is 1.36. The van der Waals surface area contributed by atoms with Crippen molar-refractivity contribution < 1.29 is 13.9 Å². The molecule has 1 aliphatic rings. The number of rotatable bonds is 7. The Morgan fingerprint density at radius 2 is 1.90 bits per heavy atom. The van der Waals surface area contributed by atoms with E-state index in [0.29, 0.717) is 12.5 Å². The third-order valence-electron chi connectivity index (χ3n) is 5.39. The monoisotopic (exact) mass is 392 g/mol. The van der Waals surface area contributed by atoms with Crippen LogP contribution in [0.3, 0.4) is 0 Å². The van der Waals surface area contributed by atoms with Crippen LogP contribution in [0.2, 0.25) is 0 Å². The van der Waals surface area contributed by atoms with Gasteiger partial charge < -0.3 is 13.9 Å². The van der Waals surface area contributed by atoms with Crippen LogP contribution in [0.5, 0.6) is 5.75 Å². The van der Waals surface area contributed by atoms with Crippen molar-refractivity contribution in [3.63, 3.8) is 0 Å². The lowest BCUT2D eigenvalue weighted by molar-refractivity contribution is -0.0123. The van der Waals surface area contributed by atoms with Gasteiger partial charge in [-0.15, -0.1) is 0 Å². The lowest BCUT2D eigenvalue weighted by Gasteiger charge is -2.32. The highest BCUT2D eigenvalue weighted by Crippen LogP contribution is 2.25. The van der Waals surface area contributed by atoms with E-state index in [1.807, 2.05) is 37.3 Å². The Labute approximate surface area is 172 Å². The molecule has 2 heterocycles. The van der Waals surface area contributed by atoms with E-state index in [9.17, 15) is 0 Å². The molecule has 5 heteroatoms. The Bertz CT molecular complexity index is 906. The fourth-order valence-electron chi connectivity index (χ4n) is 3.72. The SMILES string of the molecule is COc1ccc(-c2nc(CN3CCCC(OCc4ccccc4)C3)c(C)o2)cc1. The second kappa shape index (κ2) is 9.25. The number of hydrogen-bond acceptors (Lipinski definition) is 5. The topological polar surface area (TPSA) is 47.7 Å². The van der Waals surface area contributed by atoms with Crippen molar-refractivity contribution in [3.05, 3.63) is 71.6 Å². The van der Waals surface area contributed by atoms with Crippen LogP contribution in [0.4, 0.5) is 0 Å². The highest BCUT2D eigenvalue weighted by molar-refractivity contribution is 5.55. The molecule has 0 radical (unpaired) electrons. The molecular formula is C24H28N2O3. The lowest BCUT2D eigenvalue weighted by Crippen LogP contribution is -2.39. The number of oxazole rings is 1. The molecular weight excluding hydrogens is 364 g/mol. The van der Waals surface area contributed by atoms with Crippen molar-refractivity contribution in [2.24, 2.45) is 0 Å². The molecule has 3 aromatic rings. The van der Waals surface area contributed by atoms with Gasteiger partial charge in [-0.2, -0.15) is 0 Å². The Morgan fingerprint density at radius 3 is 2.66 bits per heavy atom. The van der Waals surface area contributed by atoms with E-state index in [2.05, 4.69) is 29.2 Å². The van der Waals surface area contributed by atoms with Crippen molar-refractivity contribution in [3.8, 4) is 17.2 Å². The largest absolute Gasteiger partial charge is 0.497 e. The molecule has 1 atom stereocenters. The summed E-state index contributed by atoms with van der Waals surface area (Å²) in [5, 5.41) is 0. The molecule has 1 aromatic heterocycles. The van der Waals surface area contributed by atoms with Crippen LogP contribution in [0.25, 0.3) is 11.5 Å². The molecule has 0 N–H and O–H groups in total. The minimum Gasteiger partial charge on any atom is -0.497 e. The average Bonchev–Trinajstić information content (AvgIpc) is 3.13. The van der Waals surface area contributed by atoms with Crippen LogP contribution in [-0.4, -0.2) is 36.2 Å². The summed E-state index contributed by atoms with van der Waals surface area (Å²) in [5.74, 6) is 2.37. The molecule has 1 saturated heterocycles. The van der Waals surface area contributed by atoms with Crippen molar-refractivity contribution in [2.75, 3.05) is 20.2 Å². The van der Waals surface area contributed by atoms with E-state index in [-0.39, 0.29) is 6.10 Å². The zero-order valence-electron chi connectivity index (χ0n) is 17.1. The van der Waals surface area contributed by atoms with Gasteiger partial charge in [0.05, 0.1) is 25.5 Å². The zero-order chi connectivity index (χ0) is 20.1. The van der Waals surface area contributed by atoms with Gasteiger partial charge in [-0.1, -0.05) is 30.3 Å². The van der Waals surface area contributed by atoms with Crippen molar-refractivity contribution in [2.45, 2.75) is 39.0 Å². The van der Waals surface area contributed by atoms with Crippen LogP contribution in [0, 0.1) is 6.92 Å². The number of hydrogen-bond donors (Lipinski definition) is 0. The summed E-state index contributed by atoms with van der Waals surface area (Å²) < 4.78 is 17.3. The van der Waals surface area contributed by atoms with Crippen molar-refractivity contribution in [1.29, 1.82) is 0 Å². The van der Waals surface area contributed by atoms with Gasteiger partial charge in [0.2, 0.25) is 5.89 Å². The van der Waals surface area contributed by atoms with E-state index in [0.717, 1.165) is 55.2 Å². The molecule has 0 spiro atoms. The minimum atomic E-state index is 0.261. The first-order chi connectivity index (χ1) is 14.2. The van der Waals surface area contributed by atoms with Gasteiger partial charge in [-0.3, -0.25) is 4.90 Å². The van der Waals surface area contributed by atoms with Gasteiger partial charge in [-0.25, -0.2) is 4.98 Å². The van der Waals surface area contributed by atoms with Gasteiger partial charge in [0, 0.05) is 18.7 Å². The Hall–Kier alpha value is -2.63. The first-order valence-corrected chi connectivity index (χ1v) is 10.2. The number of ether oxygens (including phenoxy) is 2. The smallest absolute Gasteiger partial charge is 0.226 e. The van der Waals surface area contributed by atoms with E-state index in [1.54, 1.807) is 7.11 Å². The van der Waals surface area contributed by atoms with Crippen LogP contribution in [-0.2, 0) is 17.9 Å². The molecule has 5 nitrogen and oxygen atoms in total. The molecule has 0 aliphatic carbocycles. The molecule has 0 saturated carbocycles. The van der Waals surface area contributed by atoms with Crippen LogP contribution >= 0.6 is 0 Å². The third kappa shape index (κ3) is 5.05. The standard InChI is InChI=1S/C24H28N2O3/c1-18-23(25-24(29-18)20-10-12-21(27-2)13-11-20)16-26-14-6-9-22(15-26)28-17-19-7-4-3-5-8-19/h3-5,7-8,10-13,22H,6,9,14-17H2,1-2H3. The molecule has 152 valence electrons. The summed E-state index contributed by atoms with van der Waals surface area (Å²) in [6.07, 6.45) is 2.51. The van der Waals surface area contributed by atoms with Gasteiger partial charge in [0.15, 0.2) is 0 Å². The molecule has 1 fully saturated rings. The van der Waals surface area contributed by atoms with Crippen LogP contribution in [0.15, 0.2) is 59.0 Å². The van der Waals surface area contributed by atoms with Gasteiger partial charge >= 0.3 is 0 Å². The minimum absolute atomic E-state index is 0.261. The second-order valence-electron chi connectivity index (χ2n) is 7.55. The first kappa shape index (κ1) is 19.7. The van der Waals surface area contributed by atoms with Gasteiger partial charge in [0.1, 0.15) is 11.5 Å². The predicted octanol–water partition coefficient (Wildman–Crippen LogP) is 4.84. The van der Waals surface area contributed by atoms with Crippen LogP contribution in [0.1, 0.15) is 29.9 Å². The molecule has 1 aliphatic heterocycles. The van der Waals surface area contributed by atoms with E-state index in [4.69, 9.17) is 18.9 Å². The number of piperidine rings is 1. The zero-order valence-corrected chi connectivity index (χ0v) is 17.1. The maximum atomic E-state index is 6.17. The number of likely N-dealkylation sites (tertiary alicyclic amines) is 1. The van der Waals surface area contributed by atoms with Crippen LogP contribution < -0.4 is 4.74 Å². The third-order valence-corrected chi connectivity index (χ3v) is 5.39. The average molecular weight is 392 g/mol. The molecule has 0 bridgehead atoms. The number of benzene rings is 2. The van der Waals surface area contributed by atoms with E-state index >= 15 is 0 Å². The fourth-order valence-corrected chi connectivity index (χ4v) is 3.72. The summed E-state index contributed by atoms with van der Waals surface area (Å²) in [7, 11) is 1.66.